The number of benzene rings is 1. The van der Waals surface area contributed by atoms with Crippen molar-refractivity contribution in [3.63, 3.8) is 0 Å². The Labute approximate surface area is 124 Å². The van der Waals surface area contributed by atoms with Crippen molar-refractivity contribution in [3.8, 4) is 0 Å². The molecule has 1 aliphatic heterocycles. The highest BCUT2D eigenvalue weighted by Crippen LogP contribution is 2.42. The van der Waals surface area contributed by atoms with Crippen molar-refractivity contribution in [2.45, 2.75) is 43.6 Å². The maximum atomic E-state index is 12.3. The summed E-state index contributed by atoms with van der Waals surface area (Å²) in [5.41, 5.74) is 0.0179. The highest BCUT2D eigenvalue weighted by Gasteiger charge is 2.53. The SMILES string of the molecule is CO[C@]1(N2C(=O)OC[C@H]2c2ccccc2)CCCC[C@H]1O. The molecule has 1 N–H and O–H groups in total. The van der Waals surface area contributed by atoms with E-state index in [0.717, 1.165) is 18.4 Å². The van der Waals surface area contributed by atoms with Crippen molar-refractivity contribution in [1.82, 2.24) is 4.90 Å². The van der Waals surface area contributed by atoms with Crippen molar-refractivity contribution in [3.05, 3.63) is 35.9 Å². The summed E-state index contributed by atoms with van der Waals surface area (Å²) < 4.78 is 10.9. The molecule has 3 rings (SSSR count). The second-order valence-corrected chi connectivity index (χ2v) is 5.68. The van der Waals surface area contributed by atoms with Crippen LogP contribution in [0.2, 0.25) is 0 Å². The third-order valence-electron chi connectivity index (χ3n) is 4.60. The maximum absolute atomic E-state index is 12.3. The predicted octanol–water partition coefficient (Wildman–Crippen LogP) is 2.46. The molecule has 0 bridgehead atoms. The molecule has 1 aromatic rings. The zero-order chi connectivity index (χ0) is 14.9. The smallest absolute Gasteiger partial charge is 0.412 e. The van der Waals surface area contributed by atoms with Crippen LogP contribution in [0.1, 0.15) is 37.3 Å². The fourth-order valence-corrected chi connectivity index (χ4v) is 3.49. The number of methoxy groups -OCH3 is 1. The van der Waals surface area contributed by atoms with E-state index in [1.54, 1.807) is 12.0 Å². The van der Waals surface area contributed by atoms with Gasteiger partial charge in [-0.05, 0) is 24.8 Å². The minimum absolute atomic E-state index is 0.216. The lowest BCUT2D eigenvalue weighted by Gasteiger charge is -2.47. The first-order valence-electron chi connectivity index (χ1n) is 7.43. The number of carbonyl (C=O) groups is 1. The summed E-state index contributed by atoms with van der Waals surface area (Å²) in [4.78, 5) is 13.9. The third-order valence-corrected chi connectivity index (χ3v) is 4.60. The average molecular weight is 291 g/mol. The highest BCUT2D eigenvalue weighted by atomic mass is 16.6. The van der Waals surface area contributed by atoms with Gasteiger partial charge in [-0.15, -0.1) is 0 Å². The number of ether oxygens (including phenoxy) is 2. The van der Waals surface area contributed by atoms with E-state index in [9.17, 15) is 9.90 Å². The van der Waals surface area contributed by atoms with Crippen LogP contribution in [0, 0.1) is 0 Å². The van der Waals surface area contributed by atoms with Gasteiger partial charge in [0, 0.05) is 7.11 Å². The Kier molecular flexibility index (Phi) is 3.87. The molecule has 3 atom stereocenters. The molecule has 1 saturated carbocycles. The fraction of sp³-hybridized carbons (Fsp3) is 0.562. The van der Waals surface area contributed by atoms with Gasteiger partial charge in [-0.2, -0.15) is 0 Å². The van der Waals surface area contributed by atoms with Crippen molar-refractivity contribution in [1.29, 1.82) is 0 Å². The van der Waals surface area contributed by atoms with Crippen LogP contribution < -0.4 is 0 Å². The van der Waals surface area contributed by atoms with Crippen LogP contribution in [0.15, 0.2) is 30.3 Å². The lowest BCUT2D eigenvalue weighted by atomic mass is 9.86. The van der Waals surface area contributed by atoms with E-state index in [-0.39, 0.29) is 6.04 Å². The largest absolute Gasteiger partial charge is 0.447 e. The monoisotopic (exact) mass is 291 g/mol. The summed E-state index contributed by atoms with van der Waals surface area (Å²) in [5, 5.41) is 10.5. The number of nitrogens with zero attached hydrogens (tertiary/aromatic N) is 1. The topological polar surface area (TPSA) is 59.0 Å². The number of hydrogen-bond donors (Lipinski definition) is 1. The van der Waals surface area contributed by atoms with E-state index >= 15 is 0 Å². The van der Waals surface area contributed by atoms with Gasteiger partial charge in [0.2, 0.25) is 0 Å². The van der Waals surface area contributed by atoms with Gasteiger partial charge in [-0.25, -0.2) is 4.79 Å². The highest BCUT2D eigenvalue weighted by molar-refractivity contribution is 5.71. The zero-order valence-corrected chi connectivity index (χ0v) is 12.2. The number of hydrogen-bond acceptors (Lipinski definition) is 4. The average Bonchev–Trinajstić information content (AvgIpc) is 2.91. The standard InChI is InChI=1S/C16H21NO4/c1-20-16(10-6-5-9-14(16)18)17-13(11-21-15(17)19)12-7-3-2-4-8-12/h2-4,7-8,13-14,18H,5-6,9-11H2,1H3/t13-,14+,16+/m0/s1. The first-order valence-corrected chi connectivity index (χ1v) is 7.43. The minimum atomic E-state index is -0.980. The van der Waals surface area contributed by atoms with Crippen LogP contribution >= 0.6 is 0 Å². The molecule has 0 aromatic heterocycles. The van der Waals surface area contributed by atoms with Crippen LogP contribution in [0.5, 0.6) is 0 Å². The molecule has 0 spiro atoms. The van der Waals surface area contributed by atoms with E-state index < -0.39 is 17.9 Å². The molecule has 1 saturated heterocycles. The first kappa shape index (κ1) is 14.4. The minimum Gasteiger partial charge on any atom is -0.447 e. The Hall–Kier alpha value is -1.59. The predicted molar refractivity (Wildman–Crippen MR) is 76.6 cm³/mol. The second-order valence-electron chi connectivity index (χ2n) is 5.68. The lowest BCUT2D eigenvalue weighted by molar-refractivity contribution is -0.203. The number of amides is 1. The molecule has 21 heavy (non-hydrogen) atoms. The van der Waals surface area contributed by atoms with Gasteiger partial charge in [0.15, 0.2) is 5.72 Å². The Morgan fingerprint density at radius 2 is 2.10 bits per heavy atom. The summed E-state index contributed by atoms with van der Waals surface area (Å²) >= 11 is 0. The summed E-state index contributed by atoms with van der Waals surface area (Å²) in [6.07, 6.45) is 2.05. The Morgan fingerprint density at radius 3 is 2.76 bits per heavy atom. The number of rotatable bonds is 3. The second kappa shape index (κ2) is 5.66. The van der Waals surface area contributed by atoms with Gasteiger partial charge in [0.1, 0.15) is 12.7 Å². The van der Waals surface area contributed by atoms with Gasteiger partial charge in [0.25, 0.3) is 0 Å². The third kappa shape index (κ3) is 2.30. The van der Waals surface area contributed by atoms with E-state index in [1.165, 1.54) is 0 Å². The Morgan fingerprint density at radius 1 is 1.33 bits per heavy atom. The maximum Gasteiger partial charge on any atom is 0.412 e. The number of carbonyl (C=O) groups excluding carboxylic acids is 1. The molecular weight excluding hydrogens is 270 g/mol. The summed E-state index contributed by atoms with van der Waals surface area (Å²) in [6, 6.07) is 9.54. The molecule has 114 valence electrons. The Balaban J connectivity index is 1.98. The van der Waals surface area contributed by atoms with E-state index in [4.69, 9.17) is 9.47 Å². The fourth-order valence-electron chi connectivity index (χ4n) is 3.49. The molecule has 2 fully saturated rings. The summed E-state index contributed by atoms with van der Waals surface area (Å²) in [5.74, 6) is 0. The van der Waals surface area contributed by atoms with E-state index in [2.05, 4.69) is 0 Å². The van der Waals surface area contributed by atoms with Crippen LogP contribution in [-0.4, -0.2) is 41.6 Å². The van der Waals surface area contributed by atoms with Crippen molar-refractivity contribution < 1.29 is 19.4 Å². The molecule has 1 aliphatic carbocycles. The van der Waals surface area contributed by atoms with Crippen LogP contribution in [0.25, 0.3) is 0 Å². The van der Waals surface area contributed by atoms with Crippen LogP contribution in [0.4, 0.5) is 4.79 Å². The number of aliphatic hydroxyl groups excluding tert-OH is 1. The van der Waals surface area contributed by atoms with Gasteiger partial charge in [0.05, 0.1) is 6.04 Å². The number of cyclic esters (lactones) is 1. The van der Waals surface area contributed by atoms with Crippen molar-refractivity contribution >= 4 is 6.09 Å². The first-order chi connectivity index (χ1) is 10.2. The van der Waals surface area contributed by atoms with Crippen molar-refractivity contribution in [2.24, 2.45) is 0 Å². The van der Waals surface area contributed by atoms with Gasteiger partial charge in [-0.3, -0.25) is 4.90 Å². The van der Waals surface area contributed by atoms with Gasteiger partial charge >= 0.3 is 6.09 Å². The molecule has 1 amide bonds. The summed E-state index contributed by atoms with van der Waals surface area (Å²) in [7, 11) is 1.56. The van der Waals surface area contributed by atoms with Gasteiger partial charge < -0.3 is 14.6 Å². The molecule has 0 unspecified atom stereocenters. The molecule has 2 aliphatic rings. The normalized spacial score (nSPS) is 33.0. The Bertz CT molecular complexity index is 506. The lowest BCUT2D eigenvalue weighted by Crippen LogP contribution is -2.60. The molecule has 5 nitrogen and oxygen atoms in total. The molecule has 1 heterocycles. The van der Waals surface area contributed by atoms with Gasteiger partial charge in [-0.1, -0.05) is 36.8 Å². The zero-order valence-electron chi connectivity index (χ0n) is 12.2. The quantitative estimate of drug-likeness (QED) is 0.929. The van der Waals surface area contributed by atoms with Crippen LogP contribution in [-0.2, 0) is 9.47 Å². The molecule has 1 aromatic carbocycles. The van der Waals surface area contributed by atoms with Crippen molar-refractivity contribution in [2.75, 3.05) is 13.7 Å². The van der Waals surface area contributed by atoms with Crippen LogP contribution in [0.3, 0.4) is 0 Å². The van der Waals surface area contributed by atoms with E-state index in [1.807, 2.05) is 30.3 Å². The van der Waals surface area contributed by atoms with E-state index in [0.29, 0.717) is 19.4 Å². The molecule has 5 heteroatoms. The molecule has 0 radical (unpaired) electrons. The number of aliphatic hydroxyl groups is 1. The molecular formula is C16H21NO4. The summed E-state index contributed by atoms with van der Waals surface area (Å²) in [6.45, 7) is 0.292.